The van der Waals surface area contributed by atoms with Crippen molar-refractivity contribution >= 4 is 57.5 Å². The summed E-state index contributed by atoms with van der Waals surface area (Å²) >= 11 is 1.62. The first-order valence-electron chi connectivity index (χ1n) is 15.2. The first kappa shape index (κ1) is 29.4. The number of rotatable bonds is 9. The third kappa shape index (κ3) is 6.63. The third-order valence-electron chi connectivity index (χ3n) is 8.70. The Bertz CT molecular complexity index is 1530. The van der Waals surface area contributed by atoms with Crippen LogP contribution in [0.2, 0.25) is 0 Å². The highest BCUT2D eigenvalue weighted by atomic mass is 32.2. The van der Waals surface area contributed by atoms with E-state index >= 15 is 0 Å². The number of piperidine rings is 1. The first-order chi connectivity index (χ1) is 21.0. The summed E-state index contributed by atoms with van der Waals surface area (Å²) in [6.07, 6.45) is 10.7. The Morgan fingerprint density at radius 1 is 0.907 bits per heavy atom. The lowest BCUT2D eigenvalue weighted by Crippen LogP contribution is -2.52. The lowest BCUT2D eigenvalue weighted by Gasteiger charge is -2.43. The molecule has 2 N–H and O–H groups in total. The minimum absolute atomic E-state index is 0.549. The van der Waals surface area contributed by atoms with Crippen LogP contribution in [-0.2, 0) is 6.42 Å². The van der Waals surface area contributed by atoms with Gasteiger partial charge in [0.2, 0.25) is 5.95 Å². The minimum Gasteiger partial charge on any atom is -0.371 e. The molecule has 10 nitrogen and oxygen atoms in total. The Kier molecular flexibility index (Phi) is 9.11. The lowest BCUT2D eigenvalue weighted by atomic mass is 10.00. The topological polar surface area (TPSA) is 88.6 Å². The average Bonchev–Trinajstić information content (AvgIpc) is 3.05. The van der Waals surface area contributed by atoms with Crippen molar-refractivity contribution in [2.75, 3.05) is 79.5 Å². The normalized spacial score (nSPS) is 16.9. The molecule has 0 amide bonds. The van der Waals surface area contributed by atoms with Crippen molar-refractivity contribution in [1.82, 2.24) is 29.7 Å². The molecule has 226 valence electrons. The van der Waals surface area contributed by atoms with Gasteiger partial charge in [0.1, 0.15) is 11.3 Å². The number of fused-ring (bicyclic) bond motifs is 1. The summed E-state index contributed by atoms with van der Waals surface area (Å²) < 4.78 is 2.09. The zero-order chi connectivity index (χ0) is 29.8. The first-order valence-corrected chi connectivity index (χ1v) is 16.4. The number of anilines is 6. The highest BCUT2D eigenvalue weighted by Gasteiger charge is 2.27. The van der Waals surface area contributed by atoms with Gasteiger partial charge < -0.3 is 24.7 Å². The Balaban J connectivity index is 1.14. The Hall–Kier alpha value is -3.67. The zero-order valence-corrected chi connectivity index (χ0v) is 26.4. The second kappa shape index (κ2) is 13.3. The fourth-order valence-corrected chi connectivity index (χ4v) is 6.57. The standard InChI is InChI=1S/C32H42N10S/c1-5-23-22-24(6-9-28(23)42-16-11-25(12-17-42)41-20-18-39(2)19-21-41)36-32-35-13-10-29(38-32)37-27-8-7-26-30(34-15-14-33-26)31(27)40(3)43-4/h6-10,13-15,22,25H,5,11-12,16-21H2,1-4H3,(H2,35,36,37,38). The van der Waals surface area contributed by atoms with E-state index in [9.17, 15) is 0 Å². The van der Waals surface area contributed by atoms with Crippen LogP contribution in [0.4, 0.5) is 34.5 Å². The van der Waals surface area contributed by atoms with Crippen molar-refractivity contribution in [2.45, 2.75) is 32.2 Å². The van der Waals surface area contributed by atoms with E-state index in [1.165, 1.54) is 50.3 Å². The molecule has 0 spiro atoms. The molecule has 4 aromatic rings. The SMILES string of the molecule is CCc1cc(Nc2nccc(Nc3ccc4nccnc4c3N(C)SC)n2)ccc1N1CCC(N2CCN(C)CC2)CC1. The van der Waals surface area contributed by atoms with Gasteiger partial charge in [0.15, 0.2) is 0 Å². The number of nitrogens with zero attached hydrogens (tertiary/aromatic N) is 8. The zero-order valence-electron chi connectivity index (χ0n) is 25.6. The maximum Gasteiger partial charge on any atom is 0.229 e. The predicted molar refractivity (Wildman–Crippen MR) is 180 cm³/mol. The smallest absolute Gasteiger partial charge is 0.229 e. The van der Waals surface area contributed by atoms with Crippen molar-refractivity contribution in [3.63, 3.8) is 0 Å². The van der Waals surface area contributed by atoms with Gasteiger partial charge in [-0.15, -0.1) is 0 Å². The van der Waals surface area contributed by atoms with Gasteiger partial charge >= 0.3 is 0 Å². The quantitative estimate of drug-likeness (QED) is 0.243. The molecule has 2 aliphatic heterocycles. The molecule has 11 heteroatoms. The number of likely N-dealkylation sites (N-methyl/N-ethyl adjacent to an activating group) is 1. The van der Waals surface area contributed by atoms with E-state index in [4.69, 9.17) is 4.98 Å². The van der Waals surface area contributed by atoms with Crippen LogP contribution < -0.4 is 19.8 Å². The van der Waals surface area contributed by atoms with Crippen LogP contribution in [0.25, 0.3) is 11.0 Å². The van der Waals surface area contributed by atoms with Crippen molar-refractivity contribution in [3.8, 4) is 0 Å². The van der Waals surface area contributed by atoms with Crippen molar-refractivity contribution in [3.05, 3.63) is 60.6 Å². The Morgan fingerprint density at radius 3 is 2.47 bits per heavy atom. The van der Waals surface area contributed by atoms with E-state index in [0.29, 0.717) is 17.8 Å². The summed E-state index contributed by atoms with van der Waals surface area (Å²) in [7, 11) is 4.25. The number of nitrogens with one attached hydrogen (secondary N) is 2. The monoisotopic (exact) mass is 598 g/mol. The maximum absolute atomic E-state index is 4.78. The van der Waals surface area contributed by atoms with Crippen LogP contribution in [0.5, 0.6) is 0 Å². The van der Waals surface area contributed by atoms with Gasteiger partial charge in [-0.3, -0.25) is 14.9 Å². The molecule has 43 heavy (non-hydrogen) atoms. The van der Waals surface area contributed by atoms with E-state index in [2.05, 4.69) is 76.8 Å². The van der Waals surface area contributed by atoms with E-state index in [1.54, 1.807) is 30.5 Å². The molecular formula is C32H42N10S. The van der Waals surface area contributed by atoms with E-state index in [0.717, 1.165) is 47.6 Å². The van der Waals surface area contributed by atoms with Crippen LogP contribution in [0, 0.1) is 0 Å². The van der Waals surface area contributed by atoms with Crippen LogP contribution in [0.15, 0.2) is 55.0 Å². The van der Waals surface area contributed by atoms with Gasteiger partial charge in [0.05, 0.1) is 16.9 Å². The Labute approximate surface area is 259 Å². The summed E-state index contributed by atoms with van der Waals surface area (Å²) in [5.41, 5.74) is 7.25. The van der Waals surface area contributed by atoms with Gasteiger partial charge in [-0.05, 0) is 68.3 Å². The second-order valence-electron chi connectivity index (χ2n) is 11.3. The highest BCUT2D eigenvalue weighted by Crippen LogP contribution is 2.36. The fourth-order valence-electron chi connectivity index (χ4n) is 6.20. The highest BCUT2D eigenvalue weighted by molar-refractivity contribution is 7.99. The average molecular weight is 599 g/mol. The molecular weight excluding hydrogens is 556 g/mol. The van der Waals surface area contributed by atoms with Gasteiger partial charge in [-0.25, -0.2) is 4.98 Å². The number of aryl methyl sites for hydroxylation is 1. The number of benzene rings is 2. The molecule has 0 bridgehead atoms. The number of hydrogen-bond donors (Lipinski definition) is 2. The summed E-state index contributed by atoms with van der Waals surface area (Å²) in [4.78, 5) is 26.1. The van der Waals surface area contributed by atoms with E-state index in [1.807, 2.05) is 31.5 Å². The van der Waals surface area contributed by atoms with Crippen LogP contribution in [0.1, 0.15) is 25.3 Å². The fraction of sp³-hybridized carbons (Fsp3) is 0.438. The van der Waals surface area contributed by atoms with Gasteiger partial charge in [0.25, 0.3) is 0 Å². The van der Waals surface area contributed by atoms with Gasteiger partial charge in [-0.2, -0.15) is 4.98 Å². The summed E-state index contributed by atoms with van der Waals surface area (Å²) in [5.74, 6) is 1.25. The Morgan fingerprint density at radius 2 is 1.70 bits per heavy atom. The molecule has 2 aromatic heterocycles. The number of piperazine rings is 1. The summed E-state index contributed by atoms with van der Waals surface area (Å²) in [5, 5.41) is 6.92. The summed E-state index contributed by atoms with van der Waals surface area (Å²) in [6, 6.07) is 13.3. The van der Waals surface area contributed by atoms with Crippen molar-refractivity contribution in [1.29, 1.82) is 0 Å². The van der Waals surface area contributed by atoms with Crippen molar-refractivity contribution in [2.24, 2.45) is 0 Å². The molecule has 2 saturated heterocycles. The largest absolute Gasteiger partial charge is 0.371 e. The minimum atomic E-state index is 0.549. The number of hydrogen-bond acceptors (Lipinski definition) is 11. The number of aromatic nitrogens is 4. The third-order valence-corrected chi connectivity index (χ3v) is 9.43. The van der Waals surface area contributed by atoms with Crippen molar-refractivity contribution < 1.29 is 0 Å². The van der Waals surface area contributed by atoms with Gasteiger partial charge in [0, 0.05) is 88.6 Å². The molecule has 0 saturated carbocycles. The maximum atomic E-state index is 4.78. The molecule has 0 aliphatic carbocycles. The summed E-state index contributed by atoms with van der Waals surface area (Å²) in [6.45, 7) is 9.24. The molecule has 6 rings (SSSR count). The van der Waals surface area contributed by atoms with Crippen LogP contribution in [-0.4, -0.2) is 95.4 Å². The van der Waals surface area contributed by atoms with E-state index in [-0.39, 0.29) is 0 Å². The molecule has 4 heterocycles. The lowest BCUT2D eigenvalue weighted by molar-refractivity contribution is 0.0982. The van der Waals surface area contributed by atoms with Crippen LogP contribution in [0.3, 0.4) is 0 Å². The second-order valence-corrected chi connectivity index (χ2v) is 12.2. The van der Waals surface area contributed by atoms with E-state index < -0.39 is 0 Å². The molecule has 0 radical (unpaired) electrons. The molecule has 0 unspecified atom stereocenters. The van der Waals surface area contributed by atoms with Gasteiger partial charge in [-0.1, -0.05) is 18.9 Å². The predicted octanol–water partition coefficient (Wildman–Crippen LogP) is 5.40. The molecule has 0 atom stereocenters. The molecule has 2 aliphatic rings. The van der Waals surface area contributed by atoms with Crippen LogP contribution >= 0.6 is 11.9 Å². The molecule has 2 aromatic carbocycles. The molecule has 2 fully saturated rings.